The second kappa shape index (κ2) is 4.77. The maximum absolute atomic E-state index is 5.95. The minimum absolute atomic E-state index is 0.118. The fraction of sp³-hybridized carbons (Fsp3) is 0.500. The molecule has 0 saturated heterocycles. The lowest BCUT2D eigenvalue weighted by molar-refractivity contribution is 0.361. The first-order valence-corrected chi connectivity index (χ1v) is 7.12. The van der Waals surface area contributed by atoms with Crippen LogP contribution in [0.1, 0.15) is 56.7 Å². The highest BCUT2D eigenvalue weighted by Crippen LogP contribution is 2.32. The van der Waals surface area contributed by atoms with Crippen molar-refractivity contribution in [3.05, 3.63) is 36.0 Å². The standard InChI is InChI=1S/C16H22N2/c1-12(17)13-7-8-16-14(11-13)9-10-18(16)15-5-3-2-4-6-15/h7-12,15H,2-6,17H2,1H3. The van der Waals surface area contributed by atoms with E-state index < -0.39 is 0 Å². The van der Waals surface area contributed by atoms with Crippen LogP contribution in [0.25, 0.3) is 10.9 Å². The second-order valence-electron chi connectivity index (χ2n) is 5.62. The number of nitrogens with two attached hydrogens (primary N) is 1. The second-order valence-corrected chi connectivity index (χ2v) is 5.62. The summed E-state index contributed by atoms with van der Waals surface area (Å²) in [5.74, 6) is 0. The number of rotatable bonds is 2. The van der Waals surface area contributed by atoms with Gasteiger partial charge in [-0.1, -0.05) is 25.3 Å². The molecule has 0 amide bonds. The molecule has 0 radical (unpaired) electrons. The first-order chi connectivity index (χ1) is 8.75. The van der Waals surface area contributed by atoms with Crippen LogP contribution in [0.3, 0.4) is 0 Å². The number of hydrogen-bond acceptors (Lipinski definition) is 1. The predicted molar refractivity (Wildman–Crippen MR) is 76.7 cm³/mol. The van der Waals surface area contributed by atoms with Gasteiger partial charge in [0, 0.05) is 23.8 Å². The van der Waals surface area contributed by atoms with Gasteiger partial charge in [-0.25, -0.2) is 0 Å². The van der Waals surface area contributed by atoms with Crippen molar-refractivity contribution in [3.63, 3.8) is 0 Å². The van der Waals surface area contributed by atoms with E-state index in [1.54, 1.807) is 0 Å². The van der Waals surface area contributed by atoms with Crippen molar-refractivity contribution in [2.75, 3.05) is 0 Å². The lowest BCUT2D eigenvalue weighted by Crippen LogP contribution is -2.11. The van der Waals surface area contributed by atoms with Gasteiger partial charge in [-0.15, -0.1) is 0 Å². The van der Waals surface area contributed by atoms with E-state index in [4.69, 9.17) is 5.73 Å². The van der Waals surface area contributed by atoms with Gasteiger partial charge in [0.15, 0.2) is 0 Å². The van der Waals surface area contributed by atoms with Crippen molar-refractivity contribution >= 4 is 10.9 Å². The van der Waals surface area contributed by atoms with Crippen molar-refractivity contribution in [3.8, 4) is 0 Å². The van der Waals surface area contributed by atoms with E-state index in [2.05, 4.69) is 35.0 Å². The third kappa shape index (κ3) is 2.05. The number of aromatic nitrogens is 1. The van der Waals surface area contributed by atoms with E-state index >= 15 is 0 Å². The summed E-state index contributed by atoms with van der Waals surface area (Å²) in [7, 11) is 0. The summed E-state index contributed by atoms with van der Waals surface area (Å²) in [6.45, 7) is 2.04. The maximum atomic E-state index is 5.95. The Morgan fingerprint density at radius 3 is 2.67 bits per heavy atom. The van der Waals surface area contributed by atoms with E-state index in [1.807, 2.05) is 6.92 Å². The zero-order valence-corrected chi connectivity index (χ0v) is 11.1. The van der Waals surface area contributed by atoms with Crippen molar-refractivity contribution in [1.29, 1.82) is 0 Å². The molecule has 1 aromatic carbocycles. The van der Waals surface area contributed by atoms with Crippen LogP contribution in [0.15, 0.2) is 30.5 Å². The smallest absolute Gasteiger partial charge is 0.0483 e. The van der Waals surface area contributed by atoms with E-state index in [0.29, 0.717) is 6.04 Å². The first kappa shape index (κ1) is 11.8. The van der Waals surface area contributed by atoms with E-state index in [9.17, 15) is 0 Å². The molecule has 2 heteroatoms. The number of hydrogen-bond donors (Lipinski definition) is 1. The molecule has 1 atom stereocenters. The molecule has 2 N–H and O–H groups in total. The maximum Gasteiger partial charge on any atom is 0.0483 e. The van der Waals surface area contributed by atoms with Crippen molar-refractivity contribution < 1.29 is 0 Å². The van der Waals surface area contributed by atoms with E-state index in [0.717, 1.165) is 0 Å². The van der Waals surface area contributed by atoms with Gasteiger partial charge in [-0.05, 0) is 48.9 Å². The molecule has 0 spiro atoms. The lowest BCUT2D eigenvalue weighted by atomic mass is 9.95. The van der Waals surface area contributed by atoms with Crippen LogP contribution in [0.5, 0.6) is 0 Å². The van der Waals surface area contributed by atoms with Crippen LogP contribution >= 0.6 is 0 Å². The highest BCUT2D eigenvalue weighted by atomic mass is 15.0. The molecule has 0 aliphatic heterocycles. The van der Waals surface area contributed by atoms with Crippen molar-refractivity contribution in [2.45, 2.75) is 51.1 Å². The largest absolute Gasteiger partial charge is 0.344 e. The minimum atomic E-state index is 0.118. The summed E-state index contributed by atoms with van der Waals surface area (Å²) in [6.07, 6.45) is 9.08. The van der Waals surface area contributed by atoms with Gasteiger partial charge >= 0.3 is 0 Å². The normalized spacial score (nSPS) is 19.2. The Balaban J connectivity index is 1.98. The zero-order valence-electron chi connectivity index (χ0n) is 11.1. The van der Waals surface area contributed by atoms with Gasteiger partial charge in [-0.3, -0.25) is 0 Å². The van der Waals surface area contributed by atoms with Crippen LogP contribution in [-0.2, 0) is 0 Å². The molecular weight excluding hydrogens is 220 g/mol. The lowest BCUT2D eigenvalue weighted by Gasteiger charge is -2.24. The molecular formula is C16H22N2. The Kier molecular flexibility index (Phi) is 3.13. The van der Waals surface area contributed by atoms with Gasteiger partial charge in [0.05, 0.1) is 0 Å². The summed E-state index contributed by atoms with van der Waals surface area (Å²) >= 11 is 0. The molecule has 1 fully saturated rings. The Morgan fingerprint density at radius 1 is 1.17 bits per heavy atom. The van der Waals surface area contributed by atoms with Crippen molar-refractivity contribution in [2.24, 2.45) is 5.73 Å². The monoisotopic (exact) mass is 242 g/mol. The van der Waals surface area contributed by atoms with Crippen LogP contribution in [-0.4, -0.2) is 4.57 Å². The Bertz CT molecular complexity index is 533. The summed E-state index contributed by atoms with van der Waals surface area (Å²) in [4.78, 5) is 0. The topological polar surface area (TPSA) is 30.9 Å². The molecule has 1 heterocycles. The van der Waals surface area contributed by atoms with Gasteiger partial charge in [0.25, 0.3) is 0 Å². The van der Waals surface area contributed by atoms with E-state index in [-0.39, 0.29) is 6.04 Å². The molecule has 1 aliphatic rings. The Labute approximate surface area is 109 Å². The average Bonchev–Trinajstić information content (AvgIpc) is 2.82. The van der Waals surface area contributed by atoms with Gasteiger partial charge in [-0.2, -0.15) is 0 Å². The molecule has 3 rings (SSSR count). The molecule has 1 unspecified atom stereocenters. The molecule has 1 aliphatic carbocycles. The number of fused-ring (bicyclic) bond motifs is 1. The minimum Gasteiger partial charge on any atom is -0.344 e. The molecule has 2 aromatic rings. The number of benzene rings is 1. The SMILES string of the molecule is CC(N)c1ccc2c(ccn2C2CCCCC2)c1. The Hall–Kier alpha value is -1.28. The van der Waals surface area contributed by atoms with Crippen LogP contribution in [0.4, 0.5) is 0 Å². The van der Waals surface area contributed by atoms with Crippen LogP contribution in [0, 0.1) is 0 Å². The van der Waals surface area contributed by atoms with Crippen LogP contribution < -0.4 is 5.73 Å². The van der Waals surface area contributed by atoms with Crippen molar-refractivity contribution in [1.82, 2.24) is 4.57 Å². The highest BCUT2D eigenvalue weighted by molar-refractivity contribution is 5.81. The first-order valence-electron chi connectivity index (χ1n) is 7.12. The predicted octanol–water partition coefficient (Wildman–Crippen LogP) is 4.17. The van der Waals surface area contributed by atoms with Gasteiger partial charge in [0.2, 0.25) is 0 Å². The van der Waals surface area contributed by atoms with Gasteiger partial charge < -0.3 is 10.3 Å². The number of nitrogens with zero attached hydrogens (tertiary/aromatic N) is 1. The average molecular weight is 242 g/mol. The molecule has 96 valence electrons. The van der Waals surface area contributed by atoms with Gasteiger partial charge in [0.1, 0.15) is 0 Å². The fourth-order valence-corrected chi connectivity index (χ4v) is 3.14. The molecule has 1 aromatic heterocycles. The quantitative estimate of drug-likeness (QED) is 0.842. The molecule has 18 heavy (non-hydrogen) atoms. The molecule has 1 saturated carbocycles. The fourth-order valence-electron chi connectivity index (χ4n) is 3.14. The third-order valence-corrected chi connectivity index (χ3v) is 4.24. The summed E-state index contributed by atoms with van der Waals surface area (Å²) in [5, 5.41) is 1.33. The highest BCUT2D eigenvalue weighted by Gasteiger charge is 2.16. The molecule has 2 nitrogen and oxygen atoms in total. The Morgan fingerprint density at radius 2 is 1.94 bits per heavy atom. The summed E-state index contributed by atoms with van der Waals surface area (Å²) in [6, 6.07) is 9.70. The summed E-state index contributed by atoms with van der Waals surface area (Å²) < 4.78 is 2.47. The van der Waals surface area contributed by atoms with Crippen LogP contribution in [0.2, 0.25) is 0 Å². The zero-order chi connectivity index (χ0) is 12.5. The third-order valence-electron chi connectivity index (χ3n) is 4.24. The summed E-state index contributed by atoms with van der Waals surface area (Å²) in [5.41, 5.74) is 8.54. The molecule has 0 bridgehead atoms. The van der Waals surface area contributed by atoms with E-state index in [1.165, 1.54) is 48.6 Å².